The molecule has 0 amide bonds. The molecule has 222 valence electrons. The number of hydrogen-bond acceptors (Lipinski definition) is 4. The van der Waals surface area contributed by atoms with E-state index in [9.17, 15) is 10.2 Å². The van der Waals surface area contributed by atoms with Gasteiger partial charge in [-0.3, -0.25) is 18.3 Å². The summed E-state index contributed by atoms with van der Waals surface area (Å²) in [5.74, 6) is -3.74. The van der Waals surface area contributed by atoms with Gasteiger partial charge in [-0.1, -0.05) is 72.8 Å². The van der Waals surface area contributed by atoms with Gasteiger partial charge in [0.15, 0.2) is 12.2 Å². The first-order chi connectivity index (χ1) is 22.1. The topological polar surface area (TPSA) is 78.6 Å². The second-order valence-corrected chi connectivity index (χ2v) is 11.6. The molecule has 4 aromatic heterocycles. The van der Waals surface area contributed by atoms with Gasteiger partial charge in [0.25, 0.3) is 11.7 Å². The van der Waals surface area contributed by atoms with Gasteiger partial charge in [-0.2, -0.15) is 0 Å². The van der Waals surface area contributed by atoms with E-state index in [0.29, 0.717) is 0 Å². The van der Waals surface area contributed by atoms with Crippen LogP contribution in [0.4, 0.5) is 0 Å². The van der Waals surface area contributed by atoms with Crippen LogP contribution >= 0.6 is 0 Å². The van der Waals surface area contributed by atoms with Crippen molar-refractivity contribution in [3.8, 4) is 0 Å². The van der Waals surface area contributed by atoms with Crippen molar-refractivity contribution in [2.45, 2.75) is 23.9 Å². The number of para-hydroxylation sites is 4. The minimum absolute atomic E-state index is 0.128. The number of aliphatic hydroxyl groups is 2. The predicted molar refractivity (Wildman–Crippen MR) is 174 cm³/mol. The smallest absolute Gasteiger partial charge is 0.257 e. The van der Waals surface area contributed by atoms with Gasteiger partial charge in [-0.05, 0) is 70.1 Å². The molecule has 0 aliphatic carbocycles. The molecular weight excluding hydrogens is 564 g/mol. The van der Waals surface area contributed by atoms with Gasteiger partial charge in [0.2, 0.25) is 0 Å². The van der Waals surface area contributed by atoms with Crippen molar-refractivity contribution >= 4 is 43.6 Å². The lowest BCUT2D eigenvalue weighted by atomic mass is 10.0. The van der Waals surface area contributed by atoms with E-state index in [2.05, 4.69) is 0 Å². The third kappa shape index (κ3) is 3.62. The van der Waals surface area contributed by atoms with Gasteiger partial charge in [0, 0.05) is 24.8 Å². The lowest BCUT2D eigenvalue weighted by molar-refractivity contribution is -0.211. The molecule has 0 bridgehead atoms. The van der Waals surface area contributed by atoms with Gasteiger partial charge < -0.3 is 19.7 Å². The molecule has 8 heteroatoms. The number of hydrogen-bond donors (Lipinski definition) is 2. The fraction of sp³-hybridized carbons (Fsp3) is 0.135. The first-order valence-electron chi connectivity index (χ1n) is 15.0. The molecule has 8 aromatic rings. The van der Waals surface area contributed by atoms with E-state index in [4.69, 9.17) is 9.47 Å². The molecule has 1 saturated heterocycles. The molecule has 5 heterocycles. The van der Waals surface area contributed by atoms with Crippen molar-refractivity contribution < 1.29 is 19.7 Å². The first-order valence-corrected chi connectivity index (χ1v) is 15.0. The number of benzene rings is 4. The van der Waals surface area contributed by atoms with E-state index in [0.717, 1.165) is 43.6 Å². The zero-order valence-corrected chi connectivity index (χ0v) is 24.2. The number of aromatic nitrogens is 4. The summed E-state index contributed by atoms with van der Waals surface area (Å²) in [7, 11) is 0. The maximum absolute atomic E-state index is 13.4. The summed E-state index contributed by atoms with van der Waals surface area (Å²) in [6, 6.07) is 39.5. The fourth-order valence-corrected chi connectivity index (χ4v) is 7.25. The van der Waals surface area contributed by atoms with Crippen LogP contribution in [0, 0.1) is 0 Å². The highest BCUT2D eigenvalue weighted by molar-refractivity contribution is 5.83. The van der Waals surface area contributed by atoms with Gasteiger partial charge in [-0.25, -0.2) is 0 Å². The van der Waals surface area contributed by atoms with Crippen molar-refractivity contribution in [2.24, 2.45) is 0 Å². The summed E-state index contributed by atoms with van der Waals surface area (Å²) in [5, 5.41) is 30.6. The van der Waals surface area contributed by atoms with Crippen molar-refractivity contribution in [2.75, 3.05) is 6.79 Å². The van der Waals surface area contributed by atoms with Gasteiger partial charge in [0.05, 0.1) is 22.1 Å². The largest absolute Gasteiger partial charge is 0.351 e. The normalized spacial score (nSPS) is 17.7. The third-order valence-corrected chi connectivity index (χ3v) is 9.35. The lowest BCUT2D eigenvalue weighted by Crippen LogP contribution is -2.62. The highest BCUT2D eigenvalue weighted by Crippen LogP contribution is 2.43. The molecule has 0 spiro atoms. The van der Waals surface area contributed by atoms with Crippen LogP contribution in [0.2, 0.25) is 0 Å². The first kappa shape index (κ1) is 26.3. The molecule has 0 saturated carbocycles. The van der Waals surface area contributed by atoms with E-state index in [1.807, 2.05) is 164 Å². The fourth-order valence-electron chi connectivity index (χ4n) is 7.25. The molecule has 2 atom stereocenters. The Kier molecular flexibility index (Phi) is 5.66. The molecule has 1 aliphatic heterocycles. The minimum Gasteiger partial charge on any atom is -0.351 e. The van der Waals surface area contributed by atoms with E-state index in [1.165, 1.54) is 0 Å². The Morgan fingerprint density at radius 1 is 0.422 bits per heavy atom. The minimum atomic E-state index is -1.87. The predicted octanol–water partition coefficient (Wildman–Crippen LogP) is 6.25. The Balaban J connectivity index is 1.34. The zero-order chi connectivity index (χ0) is 30.2. The second kappa shape index (κ2) is 9.69. The van der Waals surface area contributed by atoms with Gasteiger partial charge >= 0.3 is 0 Å². The van der Waals surface area contributed by atoms with E-state index in [-0.39, 0.29) is 6.79 Å². The average Bonchev–Trinajstić information content (AvgIpc) is 3.92. The number of fused-ring (bicyclic) bond motifs is 4. The molecular formula is C37H30N4O4. The lowest BCUT2D eigenvalue weighted by Gasteiger charge is -2.44. The van der Waals surface area contributed by atoms with Crippen LogP contribution in [0.15, 0.2) is 146 Å². The van der Waals surface area contributed by atoms with Crippen molar-refractivity contribution in [1.29, 1.82) is 0 Å². The summed E-state index contributed by atoms with van der Waals surface area (Å²) in [6.07, 6.45) is 5.30. The SMILES string of the molecule is OC(C1OCOC1C(O)(n1ccc2ccccc21)n1ccc2ccccc21)(n1ccc2ccccc21)n1ccc2ccccc21. The van der Waals surface area contributed by atoms with Crippen LogP contribution < -0.4 is 0 Å². The quantitative estimate of drug-likeness (QED) is 0.239. The molecule has 2 unspecified atom stereocenters. The monoisotopic (exact) mass is 594 g/mol. The Bertz CT molecular complexity index is 2030. The van der Waals surface area contributed by atoms with Crippen molar-refractivity contribution in [1.82, 2.24) is 18.3 Å². The van der Waals surface area contributed by atoms with Crippen LogP contribution in [0.3, 0.4) is 0 Å². The van der Waals surface area contributed by atoms with Gasteiger partial charge in [0.1, 0.15) is 6.79 Å². The summed E-state index contributed by atoms with van der Waals surface area (Å²) in [4.78, 5) is 0. The summed E-state index contributed by atoms with van der Waals surface area (Å²) in [5.41, 5.74) is 3.25. The maximum Gasteiger partial charge on any atom is 0.257 e. The number of rotatable bonds is 6. The number of nitrogens with zero attached hydrogens (tertiary/aromatic N) is 4. The van der Waals surface area contributed by atoms with E-state index < -0.39 is 23.9 Å². The second-order valence-electron chi connectivity index (χ2n) is 11.6. The zero-order valence-electron chi connectivity index (χ0n) is 24.2. The molecule has 1 fully saturated rings. The number of ether oxygens (including phenoxy) is 2. The highest BCUT2D eigenvalue weighted by atomic mass is 16.7. The Morgan fingerprint density at radius 3 is 0.978 bits per heavy atom. The van der Waals surface area contributed by atoms with Crippen LogP contribution in [0.5, 0.6) is 0 Å². The average molecular weight is 595 g/mol. The Morgan fingerprint density at radius 2 is 0.689 bits per heavy atom. The third-order valence-electron chi connectivity index (χ3n) is 9.35. The van der Waals surface area contributed by atoms with E-state index in [1.54, 1.807) is 0 Å². The molecule has 45 heavy (non-hydrogen) atoms. The molecule has 8 nitrogen and oxygen atoms in total. The van der Waals surface area contributed by atoms with Crippen molar-refractivity contribution in [3.63, 3.8) is 0 Å². The molecule has 1 aliphatic rings. The van der Waals surface area contributed by atoms with Crippen LogP contribution in [-0.2, 0) is 21.2 Å². The summed E-state index contributed by atoms with van der Waals surface area (Å²) in [6.45, 7) is -0.128. The van der Waals surface area contributed by atoms with Crippen LogP contribution in [0.1, 0.15) is 0 Å². The van der Waals surface area contributed by atoms with Crippen LogP contribution in [-0.4, -0.2) is 47.5 Å². The Labute approximate surface area is 258 Å². The molecule has 0 radical (unpaired) electrons. The Hall–Kier alpha value is -5.12. The highest BCUT2D eigenvalue weighted by Gasteiger charge is 2.59. The summed E-state index contributed by atoms with van der Waals surface area (Å²) < 4.78 is 20.2. The molecule has 9 rings (SSSR count). The van der Waals surface area contributed by atoms with Crippen LogP contribution in [0.25, 0.3) is 43.6 Å². The maximum atomic E-state index is 13.4. The molecule has 2 N–H and O–H groups in total. The molecule has 4 aromatic carbocycles. The standard InChI is InChI=1S/C37H30N4O4/c42-36(38-21-17-26-9-1-5-13-30(26)38,39-22-18-27-10-2-6-14-31(27)39)34-35(45-25-44-34)37(43,40-23-19-28-11-3-7-15-32(28)40)41-24-20-29-12-4-8-16-33(29)41/h1-24,34-35,42-43H,25H2. The summed E-state index contributed by atoms with van der Waals surface area (Å²) >= 11 is 0. The van der Waals surface area contributed by atoms with Crippen molar-refractivity contribution in [3.05, 3.63) is 146 Å². The van der Waals surface area contributed by atoms with Gasteiger partial charge in [-0.15, -0.1) is 0 Å². The van der Waals surface area contributed by atoms with E-state index >= 15 is 0 Å².